The standard InChI is InChI=1S/C28H31ClN6O2S/c1-2-8-35-24(36)22-23(34-26(35)37-20-5-3-19(29)4-6-20)33-25(32-22)27-11-17-10-18(12-27)14-28(13-17,16-27)31-15-21-30-7-9-38-21/h3-7,9,17-18,31H,2,8,10-16H2,1H3,(H,32,33). The molecule has 38 heavy (non-hydrogen) atoms. The van der Waals surface area contributed by atoms with Crippen LogP contribution in [0.25, 0.3) is 11.2 Å². The van der Waals surface area contributed by atoms with Gasteiger partial charge in [-0.15, -0.1) is 11.3 Å². The fourth-order valence-electron chi connectivity index (χ4n) is 7.67. The molecule has 4 aliphatic carbocycles. The van der Waals surface area contributed by atoms with Gasteiger partial charge < -0.3 is 15.0 Å². The van der Waals surface area contributed by atoms with Gasteiger partial charge in [-0.05, 0) is 81.0 Å². The minimum atomic E-state index is -0.138. The van der Waals surface area contributed by atoms with Gasteiger partial charge in [-0.25, -0.2) is 9.97 Å². The van der Waals surface area contributed by atoms with Crippen LogP contribution in [0, 0.1) is 11.8 Å². The highest BCUT2D eigenvalue weighted by molar-refractivity contribution is 7.09. The van der Waals surface area contributed by atoms with Crippen LogP contribution in [0.2, 0.25) is 5.02 Å². The summed E-state index contributed by atoms with van der Waals surface area (Å²) in [4.78, 5) is 31.4. The number of hydrogen-bond acceptors (Lipinski definition) is 7. The summed E-state index contributed by atoms with van der Waals surface area (Å²) in [7, 11) is 0. The number of nitrogens with zero attached hydrogens (tertiary/aromatic N) is 4. The van der Waals surface area contributed by atoms with Gasteiger partial charge in [0.1, 0.15) is 16.6 Å². The second kappa shape index (κ2) is 9.17. The molecular formula is C28H31ClN6O2S. The Morgan fingerprint density at radius 2 is 1.97 bits per heavy atom. The van der Waals surface area contributed by atoms with Crippen molar-refractivity contribution in [1.29, 1.82) is 0 Å². The summed E-state index contributed by atoms with van der Waals surface area (Å²) in [6.07, 6.45) is 9.61. The van der Waals surface area contributed by atoms with E-state index in [-0.39, 0.29) is 22.5 Å². The molecule has 3 aromatic heterocycles. The zero-order chi connectivity index (χ0) is 25.9. The van der Waals surface area contributed by atoms with Crippen molar-refractivity contribution in [1.82, 2.24) is 29.8 Å². The Balaban J connectivity index is 1.25. The van der Waals surface area contributed by atoms with Crippen LogP contribution >= 0.6 is 22.9 Å². The van der Waals surface area contributed by atoms with Crippen LogP contribution in [0.15, 0.2) is 40.6 Å². The number of halogens is 1. The van der Waals surface area contributed by atoms with Crippen LogP contribution in [0.1, 0.15) is 62.7 Å². The Morgan fingerprint density at radius 1 is 1.18 bits per heavy atom. The molecule has 198 valence electrons. The van der Waals surface area contributed by atoms with E-state index in [2.05, 4.69) is 15.3 Å². The molecule has 0 spiro atoms. The lowest BCUT2D eigenvalue weighted by molar-refractivity contribution is -0.0446. The summed E-state index contributed by atoms with van der Waals surface area (Å²) < 4.78 is 7.68. The van der Waals surface area contributed by atoms with Gasteiger partial charge in [0.25, 0.3) is 5.56 Å². The number of H-pyrrole nitrogens is 1. The van der Waals surface area contributed by atoms with Crippen LogP contribution in [0.5, 0.6) is 11.8 Å². The predicted octanol–water partition coefficient (Wildman–Crippen LogP) is 5.81. The van der Waals surface area contributed by atoms with Gasteiger partial charge in [-0.1, -0.05) is 18.5 Å². The molecule has 2 N–H and O–H groups in total. The minimum Gasteiger partial charge on any atom is -0.425 e. The number of nitrogens with one attached hydrogen (secondary N) is 2. The number of aromatic amines is 1. The maximum Gasteiger partial charge on any atom is 0.306 e. The molecule has 1 aromatic carbocycles. The number of imidazole rings is 1. The Labute approximate surface area is 229 Å². The molecule has 0 amide bonds. The summed E-state index contributed by atoms with van der Waals surface area (Å²) in [6.45, 7) is 3.36. The van der Waals surface area contributed by atoms with Crippen LogP contribution < -0.4 is 15.6 Å². The number of ether oxygens (including phenoxy) is 1. The molecule has 4 aliphatic rings. The predicted molar refractivity (Wildman–Crippen MR) is 148 cm³/mol. The molecule has 0 radical (unpaired) electrons. The van der Waals surface area contributed by atoms with Gasteiger partial charge in [0, 0.05) is 40.6 Å². The van der Waals surface area contributed by atoms with Gasteiger partial charge in [0.2, 0.25) is 0 Å². The van der Waals surface area contributed by atoms with Crippen LogP contribution in [0.3, 0.4) is 0 Å². The molecular weight excluding hydrogens is 520 g/mol. The van der Waals surface area contributed by atoms with E-state index < -0.39 is 0 Å². The molecule has 0 saturated heterocycles. The van der Waals surface area contributed by atoms with Gasteiger partial charge in [-0.2, -0.15) is 4.98 Å². The van der Waals surface area contributed by atoms with Crippen LogP contribution in [-0.4, -0.2) is 30.0 Å². The van der Waals surface area contributed by atoms with Gasteiger partial charge in [0.15, 0.2) is 11.2 Å². The van der Waals surface area contributed by atoms with Gasteiger partial charge in [-0.3, -0.25) is 9.36 Å². The lowest BCUT2D eigenvalue weighted by Crippen LogP contribution is -2.63. The summed E-state index contributed by atoms with van der Waals surface area (Å²) in [5.74, 6) is 2.83. The highest BCUT2D eigenvalue weighted by Crippen LogP contribution is 2.61. The van der Waals surface area contributed by atoms with Crippen molar-refractivity contribution in [3.63, 3.8) is 0 Å². The first-order chi connectivity index (χ1) is 18.4. The Bertz CT molecular complexity index is 1520. The highest BCUT2D eigenvalue weighted by Gasteiger charge is 2.59. The molecule has 10 heteroatoms. The van der Waals surface area contributed by atoms with Crippen molar-refractivity contribution in [3.05, 3.63) is 62.1 Å². The number of rotatable bonds is 8. The monoisotopic (exact) mass is 550 g/mol. The average Bonchev–Trinajstić information content (AvgIpc) is 3.57. The number of hydrogen-bond donors (Lipinski definition) is 2. The fraction of sp³-hybridized carbons (Fsp3) is 0.500. The van der Waals surface area contributed by atoms with Crippen molar-refractivity contribution in [3.8, 4) is 11.8 Å². The molecule has 4 fully saturated rings. The van der Waals surface area contributed by atoms with E-state index in [1.54, 1.807) is 40.2 Å². The van der Waals surface area contributed by atoms with Gasteiger partial charge in [0.05, 0.1) is 0 Å². The molecule has 3 heterocycles. The van der Waals surface area contributed by atoms with Crippen molar-refractivity contribution in [2.24, 2.45) is 11.8 Å². The molecule has 4 aromatic rings. The van der Waals surface area contributed by atoms with E-state index >= 15 is 0 Å². The third-order valence-corrected chi connectivity index (χ3v) is 9.74. The number of fused-ring (bicyclic) bond motifs is 1. The smallest absolute Gasteiger partial charge is 0.306 e. The fourth-order valence-corrected chi connectivity index (χ4v) is 8.36. The molecule has 0 aliphatic heterocycles. The first-order valence-electron chi connectivity index (χ1n) is 13.5. The van der Waals surface area contributed by atoms with E-state index in [9.17, 15) is 4.79 Å². The first-order valence-corrected chi connectivity index (χ1v) is 14.8. The van der Waals surface area contributed by atoms with Crippen molar-refractivity contribution < 1.29 is 4.74 Å². The normalized spacial score (nSPS) is 27.8. The van der Waals surface area contributed by atoms with Crippen molar-refractivity contribution >= 4 is 34.1 Å². The number of thiazole rings is 1. The zero-order valence-electron chi connectivity index (χ0n) is 21.4. The van der Waals surface area contributed by atoms with Gasteiger partial charge >= 0.3 is 6.01 Å². The Morgan fingerprint density at radius 3 is 2.68 bits per heavy atom. The van der Waals surface area contributed by atoms with Crippen LogP contribution in [0.4, 0.5) is 0 Å². The van der Waals surface area contributed by atoms with E-state index in [4.69, 9.17) is 26.3 Å². The first kappa shape index (κ1) is 24.3. The number of aromatic nitrogens is 5. The maximum absolute atomic E-state index is 13.7. The van der Waals surface area contributed by atoms with Crippen molar-refractivity contribution in [2.45, 2.75) is 75.9 Å². The van der Waals surface area contributed by atoms with E-state index in [1.165, 1.54) is 19.3 Å². The SMILES string of the molecule is CCCn1c(Oc2ccc(Cl)cc2)nc2nc(C34CC5CC(CC(NCc6nccs6)(C5)C3)C4)[nH]c2c1=O. The lowest BCUT2D eigenvalue weighted by Gasteiger charge is -2.61. The Kier molecular flexibility index (Phi) is 5.87. The third kappa shape index (κ3) is 4.15. The third-order valence-electron chi connectivity index (χ3n) is 8.71. The summed E-state index contributed by atoms with van der Waals surface area (Å²) >= 11 is 7.74. The van der Waals surface area contributed by atoms with E-state index in [0.29, 0.717) is 40.3 Å². The van der Waals surface area contributed by atoms with E-state index in [0.717, 1.165) is 43.1 Å². The van der Waals surface area contributed by atoms with Crippen molar-refractivity contribution in [2.75, 3.05) is 0 Å². The zero-order valence-corrected chi connectivity index (χ0v) is 22.9. The largest absolute Gasteiger partial charge is 0.425 e. The lowest BCUT2D eigenvalue weighted by atomic mass is 9.46. The molecule has 2 atom stereocenters. The number of benzene rings is 1. The second-order valence-electron chi connectivity index (χ2n) is 11.5. The molecule has 8 rings (SSSR count). The molecule has 8 nitrogen and oxygen atoms in total. The quantitative estimate of drug-likeness (QED) is 0.287. The maximum atomic E-state index is 13.7. The topological polar surface area (TPSA) is 97.7 Å². The Hall–Kier alpha value is -2.75. The summed E-state index contributed by atoms with van der Waals surface area (Å²) in [5.41, 5.74) is 0.785. The molecule has 2 unspecified atom stereocenters. The summed E-state index contributed by atoms with van der Waals surface area (Å²) in [5, 5.41) is 7.72. The average molecular weight is 551 g/mol. The molecule has 4 bridgehead atoms. The minimum absolute atomic E-state index is 0.0696. The van der Waals surface area contributed by atoms with E-state index in [1.807, 2.05) is 18.5 Å². The van der Waals surface area contributed by atoms with Crippen LogP contribution in [-0.2, 0) is 18.5 Å². The summed E-state index contributed by atoms with van der Waals surface area (Å²) in [6, 6.07) is 7.33. The highest BCUT2D eigenvalue weighted by atomic mass is 35.5. The second-order valence-corrected chi connectivity index (χ2v) is 12.9. The molecule has 4 saturated carbocycles.